The predicted octanol–water partition coefficient (Wildman–Crippen LogP) is 19.7. The van der Waals surface area contributed by atoms with Crippen LogP contribution in [0.4, 0.5) is 0 Å². The second-order valence-corrected chi connectivity index (χ2v) is 30.1. The van der Waals surface area contributed by atoms with Crippen molar-refractivity contribution in [1.82, 2.24) is 0 Å². The monoisotopic (exact) mass is 1310 g/mol. The van der Waals surface area contributed by atoms with Gasteiger partial charge in [-0.1, -0.05) is 293 Å². The van der Waals surface area contributed by atoms with Gasteiger partial charge >= 0.3 is 39.5 Å². The SMILES string of the molecule is CC(C)CCCCCCCCCCCCCC(=O)O[C@H](COC(=O)CCCCCCCCCCCC(C)C)COP(=O)(O)OCC(O)COP(=O)(O)OC[C@@H](COC(=O)CCCCCCCCCC(C)C)OC(=O)CCCCCCCCCCCCC(C)C. The van der Waals surface area contributed by atoms with Crippen molar-refractivity contribution in [3.63, 3.8) is 0 Å². The van der Waals surface area contributed by atoms with E-state index in [2.05, 4.69) is 55.4 Å². The van der Waals surface area contributed by atoms with Gasteiger partial charge in [0.05, 0.1) is 26.4 Å². The number of esters is 4. The number of hydrogen-bond acceptors (Lipinski definition) is 15. The number of unbranched alkanes of at least 4 members (excludes halogenated alkanes) is 33. The van der Waals surface area contributed by atoms with Crippen molar-refractivity contribution in [2.24, 2.45) is 23.7 Å². The minimum absolute atomic E-state index is 0.105. The van der Waals surface area contributed by atoms with Gasteiger partial charge in [0, 0.05) is 25.7 Å². The minimum atomic E-state index is -4.95. The second-order valence-electron chi connectivity index (χ2n) is 27.2. The standard InChI is InChI=1S/C70H136O17P2/c1-60(2)46-38-30-22-15-10-9-11-18-27-36-44-52-69(74)86-65(56-80-67(72)50-42-34-26-20-14-17-24-32-40-48-62(5)6)58-84-88(76,77)82-54-64(71)55-83-89(78,79)85-59-66(57-81-68(73)51-43-35-29-21-25-33-41-49-63(7)8)87-70(75)53-45-37-28-19-13-12-16-23-31-39-47-61(3)4/h60-66,71H,9-59H2,1-8H3,(H,76,77)(H,78,79)/t64?,65-,66-/m1/s1. The number of carbonyl (C=O) groups is 4. The lowest BCUT2D eigenvalue weighted by atomic mass is 10.0. The summed E-state index contributed by atoms with van der Waals surface area (Å²) in [5.74, 6) is 0.836. The molecule has 19 heteroatoms. The van der Waals surface area contributed by atoms with Crippen LogP contribution in [0, 0.1) is 23.7 Å². The van der Waals surface area contributed by atoms with E-state index in [1.54, 1.807) is 0 Å². The van der Waals surface area contributed by atoms with Crippen LogP contribution in [0.2, 0.25) is 0 Å². The highest BCUT2D eigenvalue weighted by Crippen LogP contribution is 2.45. The molecule has 17 nitrogen and oxygen atoms in total. The lowest BCUT2D eigenvalue weighted by Gasteiger charge is -2.21. The summed E-state index contributed by atoms with van der Waals surface area (Å²) in [7, 11) is -9.90. The van der Waals surface area contributed by atoms with Crippen LogP contribution in [0.25, 0.3) is 0 Å². The molecule has 0 rings (SSSR count). The van der Waals surface area contributed by atoms with Gasteiger partial charge in [-0.25, -0.2) is 9.13 Å². The Morgan fingerprint density at radius 3 is 0.697 bits per heavy atom. The van der Waals surface area contributed by atoms with Crippen LogP contribution in [0.3, 0.4) is 0 Å². The maximum absolute atomic E-state index is 13.0. The Kier molecular flexibility index (Phi) is 58.5. The van der Waals surface area contributed by atoms with Gasteiger partial charge in [-0.2, -0.15) is 0 Å². The number of rotatable bonds is 67. The molecule has 0 aromatic rings. The van der Waals surface area contributed by atoms with E-state index in [0.717, 1.165) is 114 Å². The molecule has 0 bridgehead atoms. The van der Waals surface area contributed by atoms with Crippen LogP contribution < -0.4 is 0 Å². The van der Waals surface area contributed by atoms with E-state index in [-0.39, 0.29) is 25.7 Å². The number of phosphoric ester groups is 2. The number of carbonyl (C=O) groups excluding carboxylic acids is 4. The molecule has 0 aromatic heterocycles. The van der Waals surface area contributed by atoms with Gasteiger partial charge in [0.15, 0.2) is 12.2 Å². The van der Waals surface area contributed by atoms with Gasteiger partial charge in [-0.15, -0.1) is 0 Å². The zero-order chi connectivity index (χ0) is 66.1. The first kappa shape index (κ1) is 87.1. The van der Waals surface area contributed by atoms with E-state index in [4.69, 9.17) is 37.0 Å². The molecular formula is C70H136O17P2. The molecule has 3 N–H and O–H groups in total. The van der Waals surface area contributed by atoms with Gasteiger partial charge in [0.2, 0.25) is 0 Å². The zero-order valence-electron chi connectivity index (χ0n) is 58.1. The molecule has 0 aliphatic carbocycles. The molecule has 0 saturated heterocycles. The van der Waals surface area contributed by atoms with E-state index in [1.165, 1.54) is 141 Å². The molecule has 528 valence electrons. The van der Waals surface area contributed by atoms with Gasteiger partial charge in [-0.05, 0) is 49.4 Å². The number of ether oxygens (including phenoxy) is 4. The number of aliphatic hydroxyl groups excluding tert-OH is 1. The Morgan fingerprint density at radius 1 is 0.281 bits per heavy atom. The maximum Gasteiger partial charge on any atom is 0.472 e. The van der Waals surface area contributed by atoms with Crippen molar-refractivity contribution in [3.05, 3.63) is 0 Å². The smallest absolute Gasteiger partial charge is 0.462 e. The Labute approximate surface area is 543 Å². The molecule has 0 aliphatic heterocycles. The Morgan fingerprint density at radius 2 is 0.472 bits per heavy atom. The molecule has 0 heterocycles. The maximum atomic E-state index is 13.0. The van der Waals surface area contributed by atoms with Crippen LogP contribution in [0.1, 0.15) is 344 Å². The highest BCUT2D eigenvalue weighted by atomic mass is 31.2. The van der Waals surface area contributed by atoms with Crippen LogP contribution in [-0.2, 0) is 65.4 Å². The average Bonchev–Trinajstić information content (AvgIpc) is 3.65. The quantitative estimate of drug-likeness (QED) is 0.0222. The normalized spacial score (nSPS) is 14.3. The van der Waals surface area contributed by atoms with Crippen molar-refractivity contribution >= 4 is 39.5 Å². The molecule has 0 aliphatic rings. The van der Waals surface area contributed by atoms with E-state index < -0.39 is 97.5 Å². The highest BCUT2D eigenvalue weighted by molar-refractivity contribution is 7.47. The third kappa shape index (κ3) is 64.6. The van der Waals surface area contributed by atoms with Crippen LogP contribution in [0.5, 0.6) is 0 Å². The van der Waals surface area contributed by atoms with E-state index in [0.29, 0.717) is 31.6 Å². The van der Waals surface area contributed by atoms with Gasteiger partial charge in [0.25, 0.3) is 0 Å². The van der Waals surface area contributed by atoms with Crippen molar-refractivity contribution in [2.75, 3.05) is 39.6 Å². The fourth-order valence-corrected chi connectivity index (χ4v) is 12.1. The highest BCUT2D eigenvalue weighted by Gasteiger charge is 2.30. The number of aliphatic hydroxyl groups is 1. The summed E-state index contributed by atoms with van der Waals surface area (Å²) in [5, 5.41) is 10.6. The fraction of sp³-hybridized carbons (Fsp3) is 0.943. The van der Waals surface area contributed by atoms with E-state index in [9.17, 15) is 43.2 Å². The van der Waals surface area contributed by atoms with Crippen molar-refractivity contribution in [2.45, 2.75) is 363 Å². The van der Waals surface area contributed by atoms with Gasteiger partial charge in [0.1, 0.15) is 19.3 Å². The Bertz CT molecular complexity index is 1760. The lowest BCUT2D eigenvalue weighted by Crippen LogP contribution is -2.30. The summed E-state index contributed by atoms with van der Waals surface area (Å²) in [6.45, 7) is 14.1. The van der Waals surface area contributed by atoms with Crippen molar-refractivity contribution < 1.29 is 80.2 Å². The second kappa shape index (κ2) is 59.8. The van der Waals surface area contributed by atoms with Crippen LogP contribution >= 0.6 is 15.6 Å². The third-order valence-corrected chi connectivity index (χ3v) is 18.0. The molecule has 0 spiro atoms. The first-order valence-corrected chi connectivity index (χ1v) is 39.2. The lowest BCUT2D eigenvalue weighted by molar-refractivity contribution is -0.161. The summed E-state index contributed by atoms with van der Waals surface area (Å²) in [5.41, 5.74) is 0. The first-order chi connectivity index (χ1) is 42.6. The fourth-order valence-electron chi connectivity index (χ4n) is 10.5. The topological polar surface area (TPSA) is 237 Å². The number of hydrogen-bond donors (Lipinski definition) is 3. The summed E-state index contributed by atoms with van der Waals surface area (Å²) in [4.78, 5) is 72.5. The molecule has 3 unspecified atom stereocenters. The van der Waals surface area contributed by atoms with E-state index in [1.807, 2.05) is 0 Å². The number of phosphoric acid groups is 2. The van der Waals surface area contributed by atoms with Gasteiger partial charge in [-0.3, -0.25) is 37.3 Å². The minimum Gasteiger partial charge on any atom is -0.462 e. The zero-order valence-corrected chi connectivity index (χ0v) is 59.8. The molecule has 89 heavy (non-hydrogen) atoms. The summed E-state index contributed by atoms with van der Waals surface area (Å²) in [6.07, 6.45) is 41.7. The Hall–Kier alpha value is -1.94. The molecule has 0 aromatic carbocycles. The molecule has 0 amide bonds. The Balaban J connectivity index is 5.26. The molecule has 0 radical (unpaired) electrons. The van der Waals surface area contributed by atoms with Crippen molar-refractivity contribution in [3.8, 4) is 0 Å². The third-order valence-electron chi connectivity index (χ3n) is 16.1. The summed E-state index contributed by atoms with van der Waals surface area (Å²) < 4.78 is 68.3. The molecule has 5 atom stereocenters. The first-order valence-electron chi connectivity index (χ1n) is 36.2. The molecular weight excluding hydrogens is 1170 g/mol. The predicted molar refractivity (Wildman–Crippen MR) is 358 cm³/mol. The van der Waals surface area contributed by atoms with Crippen LogP contribution in [0.15, 0.2) is 0 Å². The summed E-state index contributed by atoms with van der Waals surface area (Å²) in [6, 6.07) is 0. The molecule has 0 fully saturated rings. The average molecular weight is 1310 g/mol. The molecule has 0 saturated carbocycles. The summed E-state index contributed by atoms with van der Waals surface area (Å²) >= 11 is 0. The van der Waals surface area contributed by atoms with Crippen LogP contribution in [-0.4, -0.2) is 96.7 Å². The van der Waals surface area contributed by atoms with E-state index >= 15 is 0 Å². The largest absolute Gasteiger partial charge is 0.472 e. The van der Waals surface area contributed by atoms with Crippen molar-refractivity contribution in [1.29, 1.82) is 0 Å². The van der Waals surface area contributed by atoms with Gasteiger partial charge < -0.3 is 33.8 Å².